The van der Waals surface area contributed by atoms with E-state index in [1.807, 2.05) is 47.5 Å². The number of carbonyl (C=O) groups is 1. The number of ether oxygens (including phenoxy) is 2. The minimum Gasteiger partial charge on any atom is -0.486 e. The topological polar surface area (TPSA) is 77.4 Å². The number of pyridine rings is 1. The monoisotopic (exact) mass is 492 g/mol. The van der Waals surface area contributed by atoms with Gasteiger partial charge in [0.2, 0.25) is 0 Å². The molecule has 2 aromatic carbocycles. The number of carbonyl (C=O) groups excluding carboxylic acids is 1. The van der Waals surface area contributed by atoms with Gasteiger partial charge < -0.3 is 14.4 Å². The lowest BCUT2D eigenvalue weighted by Crippen LogP contribution is -2.39. The van der Waals surface area contributed by atoms with Crippen molar-refractivity contribution in [3.8, 4) is 34.0 Å². The van der Waals surface area contributed by atoms with E-state index in [-0.39, 0.29) is 11.8 Å². The second-order valence-corrected chi connectivity index (χ2v) is 9.49. The third-order valence-electron chi connectivity index (χ3n) is 7.08. The molecule has 2 aromatic heterocycles. The summed E-state index contributed by atoms with van der Waals surface area (Å²) >= 11 is 0. The minimum absolute atomic E-state index is 0.00234. The number of fused-ring (bicyclic) bond motifs is 1. The molecule has 0 saturated carbocycles. The fourth-order valence-electron chi connectivity index (χ4n) is 5.17. The van der Waals surface area contributed by atoms with Crippen LogP contribution in [0, 0.1) is 6.92 Å². The third-order valence-corrected chi connectivity index (χ3v) is 7.08. The second-order valence-electron chi connectivity index (χ2n) is 9.49. The smallest absolute Gasteiger partial charge is 0.254 e. The number of rotatable bonds is 4. The normalized spacial score (nSPS) is 16.9. The van der Waals surface area contributed by atoms with Crippen molar-refractivity contribution in [2.75, 3.05) is 26.3 Å². The second kappa shape index (κ2) is 10.0. The zero-order valence-corrected chi connectivity index (χ0v) is 20.8. The number of hydrogen-bond acceptors (Lipinski definition) is 6. The molecule has 1 unspecified atom stereocenters. The van der Waals surface area contributed by atoms with E-state index < -0.39 is 0 Å². The molecule has 0 radical (unpaired) electrons. The molecular weight excluding hydrogens is 464 g/mol. The first-order chi connectivity index (χ1) is 18.2. The van der Waals surface area contributed by atoms with Gasteiger partial charge in [-0.3, -0.25) is 9.78 Å². The molecule has 7 heteroatoms. The van der Waals surface area contributed by atoms with Crippen LogP contribution in [-0.4, -0.2) is 52.1 Å². The molecule has 0 spiro atoms. The Balaban J connectivity index is 1.35. The van der Waals surface area contributed by atoms with Crippen molar-refractivity contribution >= 4 is 5.91 Å². The van der Waals surface area contributed by atoms with Crippen LogP contribution >= 0.6 is 0 Å². The Hall–Kier alpha value is -4.26. The van der Waals surface area contributed by atoms with E-state index in [1.54, 1.807) is 18.5 Å². The number of aryl methyl sites for hydroxylation is 1. The molecule has 1 atom stereocenters. The quantitative estimate of drug-likeness (QED) is 0.385. The Morgan fingerprint density at radius 1 is 0.973 bits per heavy atom. The third kappa shape index (κ3) is 4.65. The van der Waals surface area contributed by atoms with E-state index in [0.29, 0.717) is 49.2 Å². The summed E-state index contributed by atoms with van der Waals surface area (Å²) in [4.78, 5) is 29.4. The molecule has 0 N–H and O–H groups in total. The van der Waals surface area contributed by atoms with Crippen LogP contribution in [0.2, 0.25) is 0 Å². The van der Waals surface area contributed by atoms with Crippen molar-refractivity contribution in [1.29, 1.82) is 0 Å². The maximum atomic E-state index is 13.5. The van der Waals surface area contributed by atoms with Crippen LogP contribution in [0.15, 0.2) is 73.2 Å². The lowest BCUT2D eigenvalue weighted by molar-refractivity contribution is 0.0705. The lowest BCUT2D eigenvalue weighted by atomic mass is 9.88. The van der Waals surface area contributed by atoms with Gasteiger partial charge in [-0.1, -0.05) is 24.3 Å². The predicted octanol–water partition coefficient (Wildman–Crippen LogP) is 5.31. The van der Waals surface area contributed by atoms with Gasteiger partial charge in [0.15, 0.2) is 17.3 Å². The molecule has 37 heavy (non-hydrogen) atoms. The highest BCUT2D eigenvalue weighted by Gasteiger charge is 2.29. The van der Waals surface area contributed by atoms with Gasteiger partial charge in [0.1, 0.15) is 13.2 Å². The highest BCUT2D eigenvalue weighted by atomic mass is 16.6. The van der Waals surface area contributed by atoms with Crippen molar-refractivity contribution < 1.29 is 14.3 Å². The molecule has 0 bridgehead atoms. The summed E-state index contributed by atoms with van der Waals surface area (Å²) in [5.74, 6) is 2.08. The zero-order chi connectivity index (χ0) is 25.2. The van der Waals surface area contributed by atoms with Crippen LogP contribution < -0.4 is 9.47 Å². The molecule has 2 aliphatic heterocycles. The van der Waals surface area contributed by atoms with Gasteiger partial charge in [0.05, 0.1) is 5.69 Å². The molecule has 4 aromatic rings. The van der Waals surface area contributed by atoms with E-state index in [2.05, 4.69) is 24.0 Å². The Morgan fingerprint density at radius 2 is 1.78 bits per heavy atom. The van der Waals surface area contributed by atoms with Crippen molar-refractivity contribution in [1.82, 2.24) is 19.9 Å². The summed E-state index contributed by atoms with van der Waals surface area (Å²) < 4.78 is 11.3. The highest BCUT2D eigenvalue weighted by Crippen LogP contribution is 2.36. The predicted molar refractivity (Wildman–Crippen MR) is 141 cm³/mol. The number of benzene rings is 2. The molecule has 1 fully saturated rings. The Kier molecular flexibility index (Phi) is 6.26. The van der Waals surface area contributed by atoms with Gasteiger partial charge in [-0.15, -0.1) is 0 Å². The van der Waals surface area contributed by atoms with Crippen LogP contribution in [0.1, 0.15) is 40.4 Å². The van der Waals surface area contributed by atoms with E-state index in [0.717, 1.165) is 35.2 Å². The van der Waals surface area contributed by atoms with Crippen molar-refractivity contribution in [2.45, 2.75) is 25.7 Å². The molecule has 0 aliphatic carbocycles. The summed E-state index contributed by atoms with van der Waals surface area (Å²) in [7, 11) is 0. The Labute approximate surface area is 216 Å². The maximum absolute atomic E-state index is 13.5. The summed E-state index contributed by atoms with van der Waals surface area (Å²) in [6.45, 7) is 4.43. The number of piperidine rings is 1. The van der Waals surface area contributed by atoms with Crippen LogP contribution in [-0.2, 0) is 0 Å². The van der Waals surface area contributed by atoms with Crippen LogP contribution in [0.25, 0.3) is 22.5 Å². The highest BCUT2D eigenvalue weighted by molar-refractivity contribution is 5.95. The van der Waals surface area contributed by atoms with Gasteiger partial charge >= 0.3 is 0 Å². The Bertz CT molecular complexity index is 1440. The van der Waals surface area contributed by atoms with Gasteiger partial charge in [0.25, 0.3) is 5.91 Å². The van der Waals surface area contributed by atoms with Crippen LogP contribution in [0.3, 0.4) is 0 Å². The Morgan fingerprint density at radius 3 is 2.62 bits per heavy atom. The number of amides is 1. The average molecular weight is 493 g/mol. The van der Waals surface area contributed by atoms with Crippen LogP contribution in [0.5, 0.6) is 11.5 Å². The fourth-order valence-corrected chi connectivity index (χ4v) is 5.17. The minimum atomic E-state index is 0.00234. The molecular formula is C30H28N4O3. The number of hydrogen-bond donors (Lipinski definition) is 0. The standard InChI is InChI=1S/C30H28N4O3/c1-20-5-2-3-7-24(20)25-18-32-29(21-10-12-31-13-11-21)33-28(25)23-6-4-14-34(19-23)30(35)22-8-9-26-27(17-22)37-16-15-36-26/h2-3,5,7-13,17-18,23H,4,6,14-16,19H2,1H3. The van der Waals surface area contributed by atoms with Gasteiger partial charge in [0, 0.05) is 54.3 Å². The van der Waals surface area contributed by atoms with Gasteiger partial charge in [-0.05, 0) is 61.2 Å². The SMILES string of the molecule is Cc1ccccc1-c1cnc(-c2ccncc2)nc1C1CCCN(C(=O)c2ccc3c(c2)OCCO3)C1. The molecule has 186 valence electrons. The van der Waals surface area contributed by atoms with E-state index in [1.165, 1.54) is 5.56 Å². The molecule has 2 aliphatic rings. The van der Waals surface area contributed by atoms with Crippen molar-refractivity contribution in [3.63, 3.8) is 0 Å². The van der Waals surface area contributed by atoms with Gasteiger partial charge in [-0.2, -0.15) is 0 Å². The van der Waals surface area contributed by atoms with E-state index >= 15 is 0 Å². The van der Waals surface area contributed by atoms with E-state index in [4.69, 9.17) is 19.4 Å². The fraction of sp³-hybridized carbons (Fsp3) is 0.267. The lowest BCUT2D eigenvalue weighted by Gasteiger charge is -2.33. The average Bonchev–Trinajstić information content (AvgIpc) is 2.97. The summed E-state index contributed by atoms with van der Waals surface area (Å²) in [6.07, 6.45) is 7.30. The van der Waals surface area contributed by atoms with Gasteiger partial charge in [-0.25, -0.2) is 9.97 Å². The molecule has 4 heterocycles. The maximum Gasteiger partial charge on any atom is 0.254 e. The zero-order valence-electron chi connectivity index (χ0n) is 20.8. The molecule has 1 saturated heterocycles. The number of likely N-dealkylation sites (tertiary alicyclic amines) is 1. The van der Waals surface area contributed by atoms with Crippen molar-refractivity contribution in [2.24, 2.45) is 0 Å². The molecule has 1 amide bonds. The van der Waals surface area contributed by atoms with Crippen molar-refractivity contribution in [3.05, 3.63) is 90.0 Å². The number of nitrogens with zero attached hydrogens (tertiary/aromatic N) is 4. The summed E-state index contributed by atoms with van der Waals surface area (Å²) in [5.41, 5.74) is 5.83. The molecule has 7 nitrogen and oxygen atoms in total. The molecule has 6 rings (SSSR count). The summed E-state index contributed by atoms with van der Waals surface area (Å²) in [6, 6.07) is 17.6. The summed E-state index contributed by atoms with van der Waals surface area (Å²) in [5, 5.41) is 0. The first kappa shape index (κ1) is 23.2. The first-order valence-electron chi connectivity index (χ1n) is 12.7. The number of aromatic nitrogens is 3. The first-order valence-corrected chi connectivity index (χ1v) is 12.7. The largest absolute Gasteiger partial charge is 0.486 e. The van der Waals surface area contributed by atoms with E-state index in [9.17, 15) is 4.79 Å². The van der Waals surface area contributed by atoms with Crippen LogP contribution in [0.4, 0.5) is 0 Å².